The number of nitrogens with zero attached hydrogens (tertiary/aromatic N) is 2. The molecule has 2 rings (SSSR count). The third-order valence-corrected chi connectivity index (χ3v) is 5.63. The summed E-state index contributed by atoms with van der Waals surface area (Å²) in [5.41, 5.74) is 1.54. The SMILES string of the molecule is Cc1ccc(N(CC(=O)N(C)CC[C@H]2CCCCO2)S(C)(=O)=O)cc1. The Morgan fingerprint density at radius 1 is 1.24 bits per heavy atom. The van der Waals surface area contributed by atoms with Gasteiger partial charge in [0.15, 0.2) is 0 Å². The van der Waals surface area contributed by atoms with Crippen molar-refractivity contribution in [2.75, 3.05) is 37.3 Å². The van der Waals surface area contributed by atoms with Crippen molar-refractivity contribution in [3.05, 3.63) is 29.8 Å². The van der Waals surface area contributed by atoms with E-state index in [4.69, 9.17) is 4.74 Å². The lowest BCUT2D eigenvalue weighted by atomic mass is 10.1. The molecule has 1 saturated heterocycles. The summed E-state index contributed by atoms with van der Waals surface area (Å²) in [4.78, 5) is 14.1. The first kappa shape index (κ1) is 19.7. The smallest absolute Gasteiger partial charge is 0.243 e. The molecule has 7 heteroatoms. The van der Waals surface area contributed by atoms with Crippen LogP contribution in [0.25, 0.3) is 0 Å². The van der Waals surface area contributed by atoms with Crippen LogP contribution in [0.2, 0.25) is 0 Å². The van der Waals surface area contributed by atoms with E-state index in [1.807, 2.05) is 19.1 Å². The van der Waals surface area contributed by atoms with Crippen LogP contribution >= 0.6 is 0 Å². The number of rotatable bonds is 7. The van der Waals surface area contributed by atoms with Gasteiger partial charge in [0.2, 0.25) is 15.9 Å². The van der Waals surface area contributed by atoms with Crippen molar-refractivity contribution in [2.45, 2.75) is 38.7 Å². The number of benzene rings is 1. The van der Waals surface area contributed by atoms with Gasteiger partial charge in [-0.15, -0.1) is 0 Å². The molecule has 1 aromatic carbocycles. The van der Waals surface area contributed by atoms with Crippen LogP contribution in [0.3, 0.4) is 0 Å². The molecule has 1 amide bonds. The van der Waals surface area contributed by atoms with Crippen LogP contribution in [0.15, 0.2) is 24.3 Å². The monoisotopic (exact) mass is 368 g/mol. The van der Waals surface area contributed by atoms with E-state index in [1.54, 1.807) is 24.1 Å². The molecule has 0 N–H and O–H groups in total. The number of anilines is 1. The second-order valence-corrected chi connectivity index (χ2v) is 8.60. The molecule has 1 aliphatic rings. The number of sulfonamides is 1. The van der Waals surface area contributed by atoms with Crippen molar-refractivity contribution in [3.63, 3.8) is 0 Å². The Hall–Kier alpha value is -1.60. The molecular formula is C18H28N2O4S. The largest absolute Gasteiger partial charge is 0.378 e. The number of carbonyl (C=O) groups excluding carboxylic acids is 1. The van der Waals surface area contributed by atoms with Crippen molar-refractivity contribution in [3.8, 4) is 0 Å². The molecule has 1 fully saturated rings. The summed E-state index contributed by atoms with van der Waals surface area (Å²) < 4.78 is 31.1. The fourth-order valence-electron chi connectivity index (χ4n) is 2.85. The van der Waals surface area contributed by atoms with Gasteiger partial charge in [-0.3, -0.25) is 9.10 Å². The van der Waals surface area contributed by atoms with Crippen LogP contribution in [0.5, 0.6) is 0 Å². The zero-order chi connectivity index (χ0) is 18.4. The van der Waals surface area contributed by atoms with E-state index in [0.717, 1.165) is 48.4 Å². The van der Waals surface area contributed by atoms with Gasteiger partial charge in [0.25, 0.3) is 0 Å². The molecule has 1 aliphatic heterocycles. The van der Waals surface area contributed by atoms with E-state index in [1.165, 1.54) is 0 Å². The van der Waals surface area contributed by atoms with Crippen molar-refractivity contribution in [2.24, 2.45) is 0 Å². The second-order valence-electron chi connectivity index (χ2n) is 6.70. The number of hydrogen-bond acceptors (Lipinski definition) is 4. The molecule has 140 valence electrons. The predicted octanol–water partition coefficient (Wildman–Crippen LogP) is 2.18. The highest BCUT2D eigenvalue weighted by Crippen LogP contribution is 2.19. The van der Waals surface area contributed by atoms with Crippen LogP contribution in [0.1, 0.15) is 31.2 Å². The number of ether oxygens (including phenoxy) is 1. The molecule has 0 aromatic heterocycles. The van der Waals surface area contributed by atoms with Crippen LogP contribution in [-0.2, 0) is 19.6 Å². The fraction of sp³-hybridized carbons (Fsp3) is 0.611. The zero-order valence-corrected chi connectivity index (χ0v) is 16.1. The molecule has 0 unspecified atom stereocenters. The van der Waals surface area contributed by atoms with E-state index in [0.29, 0.717) is 12.2 Å². The Labute approximate surface area is 150 Å². The van der Waals surface area contributed by atoms with Crippen LogP contribution in [-0.4, -0.2) is 58.3 Å². The molecule has 0 spiro atoms. The first-order valence-corrected chi connectivity index (χ1v) is 10.5. The molecule has 1 heterocycles. The number of likely N-dealkylation sites (N-methyl/N-ethyl adjacent to an activating group) is 1. The molecule has 1 atom stereocenters. The predicted molar refractivity (Wildman–Crippen MR) is 99.2 cm³/mol. The summed E-state index contributed by atoms with van der Waals surface area (Å²) >= 11 is 0. The molecule has 0 aliphatic carbocycles. The molecule has 0 saturated carbocycles. The average Bonchev–Trinajstić information content (AvgIpc) is 2.58. The summed E-state index contributed by atoms with van der Waals surface area (Å²) in [6.45, 7) is 3.09. The van der Waals surface area contributed by atoms with Gasteiger partial charge in [-0.25, -0.2) is 8.42 Å². The normalized spacial score (nSPS) is 18.0. The lowest BCUT2D eigenvalue weighted by Gasteiger charge is -2.27. The van der Waals surface area contributed by atoms with Gasteiger partial charge >= 0.3 is 0 Å². The maximum atomic E-state index is 12.5. The van der Waals surface area contributed by atoms with E-state index >= 15 is 0 Å². The van der Waals surface area contributed by atoms with E-state index in [2.05, 4.69) is 0 Å². The minimum absolute atomic E-state index is 0.191. The maximum absolute atomic E-state index is 12.5. The van der Waals surface area contributed by atoms with Crippen LogP contribution in [0.4, 0.5) is 5.69 Å². The Bertz CT molecular complexity index is 667. The average molecular weight is 368 g/mol. The van der Waals surface area contributed by atoms with Crippen molar-refractivity contribution < 1.29 is 17.9 Å². The second kappa shape index (κ2) is 8.67. The highest BCUT2D eigenvalue weighted by Gasteiger charge is 2.23. The van der Waals surface area contributed by atoms with Gasteiger partial charge in [-0.2, -0.15) is 0 Å². The summed E-state index contributed by atoms with van der Waals surface area (Å²) in [7, 11) is -1.82. The van der Waals surface area contributed by atoms with Gasteiger partial charge < -0.3 is 9.64 Å². The Morgan fingerprint density at radius 3 is 2.48 bits per heavy atom. The third-order valence-electron chi connectivity index (χ3n) is 4.49. The van der Waals surface area contributed by atoms with Gasteiger partial charge in [-0.05, 0) is 44.7 Å². The zero-order valence-electron chi connectivity index (χ0n) is 15.3. The van der Waals surface area contributed by atoms with Crippen LogP contribution in [0, 0.1) is 6.92 Å². The number of hydrogen-bond donors (Lipinski definition) is 0. The lowest BCUT2D eigenvalue weighted by molar-refractivity contribution is -0.128. The first-order valence-electron chi connectivity index (χ1n) is 8.67. The number of carbonyl (C=O) groups is 1. The highest BCUT2D eigenvalue weighted by molar-refractivity contribution is 7.92. The summed E-state index contributed by atoms with van der Waals surface area (Å²) in [6.07, 6.45) is 5.40. The Morgan fingerprint density at radius 2 is 1.92 bits per heavy atom. The first-order chi connectivity index (χ1) is 11.8. The number of amides is 1. The minimum atomic E-state index is -3.53. The molecule has 0 radical (unpaired) electrons. The third kappa shape index (κ3) is 6.01. The maximum Gasteiger partial charge on any atom is 0.243 e. The molecular weight excluding hydrogens is 340 g/mol. The fourth-order valence-corrected chi connectivity index (χ4v) is 3.70. The number of aryl methyl sites for hydroxylation is 1. The molecule has 6 nitrogen and oxygen atoms in total. The summed E-state index contributed by atoms with van der Waals surface area (Å²) in [5.74, 6) is -0.221. The summed E-state index contributed by atoms with van der Waals surface area (Å²) in [5, 5.41) is 0. The standard InChI is InChI=1S/C18H28N2O4S/c1-15-7-9-16(10-8-15)20(25(3,22)23)14-18(21)19(2)12-11-17-6-4-5-13-24-17/h7-10,17H,4-6,11-14H2,1-3H3/t17-/m1/s1. The topological polar surface area (TPSA) is 66.9 Å². The molecule has 1 aromatic rings. The lowest BCUT2D eigenvalue weighted by Crippen LogP contribution is -2.42. The van der Waals surface area contributed by atoms with Gasteiger partial charge in [0.1, 0.15) is 6.54 Å². The highest BCUT2D eigenvalue weighted by atomic mass is 32.2. The van der Waals surface area contributed by atoms with Gasteiger partial charge in [0.05, 0.1) is 18.0 Å². The van der Waals surface area contributed by atoms with Gasteiger partial charge in [-0.1, -0.05) is 17.7 Å². The van der Waals surface area contributed by atoms with Crippen molar-refractivity contribution in [1.82, 2.24) is 4.90 Å². The van der Waals surface area contributed by atoms with Gasteiger partial charge in [0, 0.05) is 20.2 Å². The van der Waals surface area contributed by atoms with Crippen LogP contribution < -0.4 is 4.31 Å². The van der Waals surface area contributed by atoms with Crippen molar-refractivity contribution >= 4 is 21.6 Å². The minimum Gasteiger partial charge on any atom is -0.378 e. The molecule has 0 bridgehead atoms. The van der Waals surface area contributed by atoms with E-state index < -0.39 is 10.0 Å². The summed E-state index contributed by atoms with van der Waals surface area (Å²) in [6, 6.07) is 7.11. The molecule has 25 heavy (non-hydrogen) atoms. The quantitative estimate of drug-likeness (QED) is 0.740. The Balaban J connectivity index is 1.97. The Kier molecular flexibility index (Phi) is 6.84. The van der Waals surface area contributed by atoms with E-state index in [-0.39, 0.29) is 18.6 Å². The van der Waals surface area contributed by atoms with E-state index in [9.17, 15) is 13.2 Å². The van der Waals surface area contributed by atoms with Crippen molar-refractivity contribution in [1.29, 1.82) is 0 Å².